The molecule has 2 fully saturated rings. The fourth-order valence-corrected chi connectivity index (χ4v) is 5.50. The van der Waals surface area contributed by atoms with Gasteiger partial charge in [-0.2, -0.15) is 0 Å². The molecule has 45 heavy (non-hydrogen) atoms. The third-order valence-electron chi connectivity index (χ3n) is 7.93. The molecule has 0 aromatic carbocycles. The van der Waals surface area contributed by atoms with Gasteiger partial charge in [0.05, 0.1) is 77.5 Å². The maximum absolute atomic E-state index is 12.0. The molecule has 1 saturated carbocycles. The third-order valence-corrected chi connectivity index (χ3v) is 7.93. The molecular formula is C32H46N4O9. The minimum absolute atomic E-state index is 0.0943. The Labute approximate surface area is 264 Å². The Morgan fingerprint density at radius 3 is 1.60 bits per heavy atom. The van der Waals surface area contributed by atoms with E-state index in [9.17, 15) is 14.7 Å². The predicted octanol–water partition coefficient (Wildman–Crippen LogP) is 1.57. The summed E-state index contributed by atoms with van der Waals surface area (Å²) in [6.07, 6.45) is 1.20. The van der Waals surface area contributed by atoms with Gasteiger partial charge in [0.2, 0.25) is 0 Å². The molecular weight excluding hydrogens is 584 g/mol. The van der Waals surface area contributed by atoms with Crippen molar-refractivity contribution in [2.24, 2.45) is 5.92 Å². The van der Waals surface area contributed by atoms with Crippen molar-refractivity contribution in [1.82, 2.24) is 19.8 Å². The lowest BCUT2D eigenvalue weighted by molar-refractivity contribution is -0.0669. The second-order valence-corrected chi connectivity index (χ2v) is 11.1. The molecule has 2 aromatic heterocycles. The largest absolute Gasteiger partial charge is 0.464 e. The number of carbonyl (C=O) groups excluding carboxylic acids is 2. The molecule has 3 heterocycles. The van der Waals surface area contributed by atoms with E-state index in [4.69, 9.17) is 28.4 Å². The Morgan fingerprint density at radius 2 is 1.18 bits per heavy atom. The normalized spacial score (nSPS) is 23.4. The number of hydrogen-bond acceptors (Lipinski definition) is 13. The van der Waals surface area contributed by atoms with Gasteiger partial charge in [0.1, 0.15) is 11.4 Å². The average Bonchev–Trinajstić information content (AvgIpc) is 3.46. The van der Waals surface area contributed by atoms with Crippen LogP contribution in [-0.4, -0.2) is 136 Å². The lowest BCUT2D eigenvalue weighted by atomic mass is 10.1. The third kappa shape index (κ3) is 11.4. The number of carbonyl (C=O) groups is 2. The molecule has 2 unspecified atom stereocenters. The molecule has 0 amide bonds. The number of esters is 2. The number of aliphatic hydroxyl groups is 1. The van der Waals surface area contributed by atoms with Gasteiger partial charge in [0, 0.05) is 45.9 Å². The number of aromatic nitrogens is 2. The van der Waals surface area contributed by atoms with Gasteiger partial charge < -0.3 is 33.5 Å². The van der Waals surface area contributed by atoms with E-state index in [-0.39, 0.29) is 36.1 Å². The van der Waals surface area contributed by atoms with Crippen LogP contribution in [0.15, 0.2) is 36.4 Å². The van der Waals surface area contributed by atoms with Crippen molar-refractivity contribution in [2.75, 3.05) is 86.6 Å². The molecule has 248 valence electrons. The smallest absolute Gasteiger partial charge is 0.356 e. The quantitative estimate of drug-likeness (QED) is 0.443. The zero-order chi connectivity index (χ0) is 31.9. The van der Waals surface area contributed by atoms with Crippen LogP contribution in [0.3, 0.4) is 0 Å². The molecule has 4 rings (SSSR count). The SMILES string of the molecule is COC(=O)c1cccc(CN2CCOCCOCCN(Cc3cccc(C(=O)OC)n3)CCOC3CC(CO)CC3OCC2)n1. The number of aliphatic hydroxyl groups excluding tert-OH is 1. The Hall–Kier alpha value is -3.04. The van der Waals surface area contributed by atoms with E-state index in [2.05, 4.69) is 19.8 Å². The minimum Gasteiger partial charge on any atom is -0.464 e. The standard InChI is InChI=1S/C32H46N4O9/c1-40-31(38)27-7-3-5-25(33-27)21-35-9-13-42-17-18-43-14-10-36(22-26-6-4-8-28(34-26)32(39)41-2)12-16-45-30-20-24(23-37)19-29(30)44-15-11-35/h3-8,24,29-30,37H,9-23H2,1-2H3. The predicted molar refractivity (Wildman–Crippen MR) is 163 cm³/mol. The summed E-state index contributed by atoms with van der Waals surface area (Å²) < 4.78 is 34.1. The fraction of sp³-hybridized carbons (Fsp3) is 0.625. The van der Waals surface area contributed by atoms with Crippen LogP contribution in [0.4, 0.5) is 0 Å². The molecule has 1 aliphatic heterocycles. The number of ether oxygens (including phenoxy) is 6. The highest BCUT2D eigenvalue weighted by atomic mass is 16.5. The lowest BCUT2D eigenvalue weighted by Crippen LogP contribution is -2.36. The monoisotopic (exact) mass is 630 g/mol. The summed E-state index contributed by atoms with van der Waals surface area (Å²) in [6, 6.07) is 10.6. The van der Waals surface area contributed by atoms with Gasteiger partial charge in [-0.3, -0.25) is 9.80 Å². The molecule has 2 aromatic rings. The minimum atomic E-state index is -0.471. The summed E-state index contributed by atoms with van der Waals surface area (Å²) in [4.78, 5) is 37.2. The number of pyridine rings is 2. The number of rotatable bonds is 7. The second kappa shape index (κ2) is 18.8. The summed E-state index contributed by atoms with van der Waals surface area (Å²) in [6.45, 7) is 6.51. The van der Waals surface area contributed by atoms with E-state index < -0.39 is 11.9 Å². The number of fused-ring (bicyclic) bond motifs is 1. The highest BCUT2D eigenvalue weighted by molar-refractivity contribution is 5.87. The van der Waals surface area contributed by atoms with Crippen LogP contribution in [0.1, 0.15) is 45.2 Å². The highest BCUT2D eigenvalue weighted by Crippen LogP contribution is 2.30. The average molecular weight is 631 g/mol. The summed E-state index contributed by atoms with van der Waals surface area (Å²) in [5.41, 5.74) is 2.04. The van der Waals surface area contributed by atoms with Crippen LogP contribution in [0.2, 0.25) is 0 Å². The summed E-state index contributed by atoms with van der Waals surface area (Å²) in [7, 11) is 2.68. The summed E-state index contributed by atoms with van der Waals surface area (Å²) in [5, 5.41) is 9.88. The first kappa shape index (κ1) is 34.8. The van der Waals surface area contributed by atoms with E-state index in [1.165, 1.54) is 14.2 Å². The van der Waals surface area contributed by atoms with Crippen LogP contribution < -0.4 is 0 Å². The van der Waals surface area contributed by atoms with E-state index in [0.29, 0.717) is 78.9 Å². The van der Waals surface area contributed by atoms with E-state index in [0.717, 1.165) is 24.2 Å². The first-order valence-corrected chi connectivity index (χ1v) is 15.5. The van der Waals surface area contributed by atoms with Crippen molar-refractivity contribution in [3.63, 3.8) is 0 Å². The topological polar surface area (TPSA) is 142 Å². The van der Waals surface area contributed by atoms with E-state index in [1.54, 1.807) is 24.3 Å². The van der Waals surface area contributed by atoms with Gasteiger partial charge in [-0.15, -0.1) is 0 Å². The van der Waals surface area contributed by atoms with Gasteiger partial charge in [-0.05, 0) is 43.0 Å². The van der Waals surface area contributed by atoms with Crippen LogP contribution in [0.5, 0.6) is 0 Å². The molecule has 0 bridgehead atoms. The van der Waals surface area contributed by atoms with Crippen molar-refractivity contribution in [2.45, 2.75) is 38.1 Å². The van der Waals surface area contributed by atoms with Crippen molar-refractivity contribution in [3.05, 3.63) is 59.2 Å². The number of methoxy groups -OCH3 is 2. The van der Waals surface area contributed by atoms with Gasteiger partial charge in [0.25, 0.3) is 0 Å². The maximum atomic E-state index is 12.0. The van der Waals surface area contributed by atoms with Gasteiger partial charge >= 0.3 is 11.9 Å². The first-order chi connectivity index (χ1) is 22.0. The van der Waals surface area contributed by atoms with Crippen molar-refractivity contribution >= 4 is 11.9 Å². The molecule has 1 saturated heterocycles. The zero-order valence-electron chi connectivity index (χ0n) is 26.3. The Kier molecular flexibility index (Phi) is 14.6. The molecule has 1 aliphatic carbocycles. The Morgan fingerprint density at radius 1 is 0.733 bits per heavy atom. The second-order valence-electron chi connectivity index (χ2n) is 11.1. The molecule has 1 N–H and O–H groups in total. The molecule has 0 radical (unpaired) electrons. The zero-order valence-corrected chi connectivity index (χ0v) is 26.3. The summed E-state index contributed by atoms with van der Waals surface area (Å²) >= 11 is 0. The number of hydrogen-bond donors (Lipinski definition) is 1. The van der Waals surface area contributed by atoms with Crippen LogP contribution in [0, 0.1) is 5.92 Å². The lowest BCUT2D eigenvalue weighted by Gasteiger charge is -2.27. The Balaban J connectivity index is 1.38. The Bertz CT molecular complexity index is 1110. The van der Waals surface area contributed by atoms with Gasteiger partial charge in [-0.1, -0.05) is 12.1 Å². The van der Waals surface area contributed by atoms with Gasteiger partial charge in [-0.25, -0.2) is 19.6 Å². The van der Waals surface area contributed by atoms with E-state index in [1.807, 2.05) is 12.1 Å². The van der Waals surface area contributed by atoms with E-state index >= 15 is 0 Å². The van der Waals surface area contributed by atoms with Gasteiger partial charge in [0.15, 0.2) is 0 Å². The van der Waals surface area contributed by atoms with Crippen LogP contribution in [-0.2, 0) is 41.5 Å². The fourth-order valence-electron chi connectivity index (χ4n) is 5.50. The summed E-state index contributed by atoms with van der Waals surface area (Å²) in [5.74, 6) is -0.818. The van der Waals surface area contributed by atoms with Crippen LogP contribution >= 0.6 is 0 Å². The van der Waals surface area contributed by atoms with Crippen molar-refractivity contribution in [3.8, 4) is 0 Å². The van der Waals surface area contributed by atoms with Crippen molar-refractivity contribution < 1.29 is 43.1 Å². The molecule has 13 nitrogen and oxygen atoms in total. The maximum Gasteiger partial charge on any atom is 0.356 e. The molecule has 2 atom stereocenters. The van der Waals surface area contributed by atoms with Crippen molar-refractivity contribution in [1.29, 1.82) is 0 Å². The molecule has 0 spiro atoms. The van der Waals surface area contributed by atoms with Crippen LogP contribution in [0.25, 0.3) is 0 Å². The first-order valence-electron chi connectivity index (χ1n) is 15.5. The highest BCUT2D eigenvalue weighted by Gasteiger charge is 2.35. The number of nitrogens with zero attached hydrogens (tertiary/aromatic N) is 4. The molecule has 2 aliphatic rings. The molecule has 13 heteroatoms.